The minimum absolute atomic E-state index is 0.0505. The quantitative estimate of drug-likeness (QED) is 0.896. The van der Waals surface area contributed by atoms with Gasteiger partial charge in [-0.1, -0.05) is 25.5 Å². The minimum atomic E-state index is -0.224. The predicted molar refractivity (Wildman–Crippen MR) is 94.9 cm³/mol. The maximum Gasteiger partial charge on any atom is 0.228 e. The van der Waals surface area contributed by atoms with Gasteiger partial charge >= 0.3 is 0 Å². The average molecular weight is 329 g/mol. The standard InChI is InChI=1S/C19H27N3O2/c1-3-4-14-5-7-16(8-6-14)22-13-15(11-18(22)23)19(24)21(2)17-9-10-20-12-17/h5-8,15,17,20H,3-4,9-13H2,1-2H3. The number of carbonyl (C=O) groups excluding carboxylic acids is 2. The van der Waals surface area contributed by atoms with Crippen LogP contribution in [0.5, 0.6) is 0 Å². The van der Waals surface area contributed by atoms with Gasteiger partial charge in [-0.3, -0.25) is 9.59 Å². The van der Waals surface area contributed by atoms with Crippen LogP contribution in [0.15, 0.2) is 24.3 Å². The van der Waals surface area contributed by atoms with E-state index in [0.717, 1.165) is 38.0 Å². The van der Waals surface area contributed by atoms with Crippen molar-refractivity contribution in [3.8, 4) is 0 Å². The molecule has 0 spiro atoms. The van der Waals surface area contributed by atoms with Crippen molar-refractivity contribution in [1.29, 1.82) is 0 Å². The summed E-state index contributed by atoms with van der Waals surface area (Å²) in [7, 11) is 1.87. The molecular formula is C19H27N3O2. The van der Waals surface area contributed by atoms with Gasteiger partial charge in [-0.05, 0) is 37.1 Å². The van der Waals surface area contributed by atoms with E-state index in [1.165, 1.54) is 5.56 Å². The highest BCUT2D eigenvalue weighted by atomic mass is 16.2. The van der Waals surface area contributed by atoms with E-state index in [2.05, 4.69) is 24.4 Å². The number of aryl methyl sites for hydroxylation is 1. The molecule has 24 heavy (non-hydrogen) atoms. The van der Waals surface area contributed by atoms with Gasteiger partial charge in [0, 0.05) is 38.3 Å². The Kier molecular flexibility index (Phi) is 5.19. The van der Waals surface area contributed by atoms with Gasteiger partial charge in [0.05, 0.1) is 5.92 Å². The van der Waals surface area contributed by atoms with Gasteiger partial charge in [0.2, 0.25) is 11.8 Å². The van der Waals surface area contributed by atoms with Crippen molar-refractivity contribution in [2.24, 2.45) is 5.92 Å². The topological polar surface area (TPSA) is 52.7 Å². The molecule has 5 nitrogen and oxygen atoms in total. The molecule has 1 N–H and O–H groups in total. The van der Waals surface area contributed by atoms with Crippen molar-refractivity contribution in [2.45, 2.75) is 38.6 Å². The summed E-state index contributed by atoms with van der Waals surface area (Å²) < 4.78 is 0. The molecule has 2 aliphatic rings. The molecule has 2 aliphatic heterocycles. The van der Waals surface area contributed by atoms with Crippen molar-refractivity contribution in [3.63, 3.8) is 0 Å². The third-order valence-corrected chi connectivity index (χ3v) is 5.19. The SMILES string of the molecule is CCCc1ccc(N2CC(C(=O)N(C)C3CCNC3)CC2=O)cc1. The molecule has 2 unspecified atom stereocenters. The van der Waals surface area contributed by atoms with Crippen molar-refractivity contribution in [2.75, 3.05) is 31.6 Å². The molecule has 0 bridgehead atoms. The number of hydrogen-bond acceptors (Lipinski definition) is 3. The lowest BCUT2D eigenvalue weighted by Gasteiger charge is -2.26. The van der Waals surface area contributed by atoms with Crippen LogP contribution < -0.4 is 10.2 Å². The number of likely N-dealkylation sites (N-methyl/N-ethyl adjacent to an activating group) is 1. The fraction of sp³-hybridized carbons (Fsp3) is 0.579. The van der Waals surface area contributed by atoms with Gasteiger partial charge in [0.15, 0.2) is 0 Å². The van der Waals surface area contributed by atoms with E-state index < -0.39 is 0 Å². The first-order valence-corrected chi connectivity index (χ1v) is 8.97. The maximum atomic E-state index is 12.7. The summed E-state index contributed by atoms with van der Waals surface area (Å²) in [6.07, 6.45) is 3.47. The summed E-state index contributed by atoms with van der Waals surface area (Å²) in [5.41, 5.74) is 2.19. The van der Waals surface area contributed by atoms with E-state index in [-0.39, 0.29) is 23.8 Å². The Morgan fingerprint density at radius 1 is 1.33 bits per heavy atom. The largest absolute Gasteiger partial charge is 0.341 e. The van der Waals surface area contributed by atoms with Gasteiger partial charge in [-0.15, -0.1) is 0 Å². The summed E-state index contributed by atoms with van der Waals surface area (Å²) in [6.45, 7) is 4.47. The molecular weight excluding hydrogens is 302 g/mol. The Bertz CT molecular complexity index is 593. The Hall–Kier alpha value is -1.88. The second-order valence-electron chi connectivity index (χ2n) is 6.92. The zero-order valence-electron chi connectivity index (χ0n) is 14.6. The van der Waals surface area contributed by atoms with Crippen LogP contribution in [0.3, 0.4) is 0 Å². The fourth-order valence-corrected chi connectivity index (χ4v) is 3.69. The molecule has 2 atom stereocenters. The smallest absolute Gasteiger partial charge is 0.228 e. The second-order valence-corrected chi connectivity index (χ2v) is 6.92. The van der Waals surface area contributed by atoms with E-state index in [1.54, 1.807) is 4.90 Å². The molecule has 0 saturated carbocycles. The molecule has 2 heterocycles. The lowest BCUT2D eigenvalue weighted by molar-refractivity contribution is -0.136. The third-order valence-electron chi connectivity index (χ3n) is 5.19. The van der Waals surface area contributed by atoms with Gasteiger partial charge in [-0.2, -0.15) is 0 Å². The van der Waals surface area contributed by atoms with Crippen LogP contribution >= 0.6 is 0 Å². The highest BCUT2D eigenvalue weighted by Crippen LogP contribution is 2.27. The fourth-order valence-electron chi connectivity index (χ4n) is 3.69. The molecule has 0 aromatic heterocycles. The highest BCUT2D eigenvalue weighted by molar-refractivity contribution is 6.00. The van der Waals surface area contributed by atoms with E-state index >= 15 is 0 Å². The predicted octanol–water partition coefficient (Wildman–Crippen LogP) is 1.81. The monoisotopic (exact) mass is 329 g/mol. The maximum absolute atomic E-state index is 12.7. The van der Waals surface area contributed by atoms with Crippen LogP contribution in [0.2, 0.25) is 0 Å². The Labute approximate surface area is 144 Å². The van der Waals surface area contributed by atoms with E-state index in [1.807, 2.05) is 24.1 Å². The summed E-state index contributed by atoms with van der Waals surface area (Å²) >= 11 is 0. The number of amides is 2. The van der Waals surface area contributed by atoms with Crippen molar-refractivity contribution in [3.05, 3.63) is 29.8 Å². The summed E-state index contributed by atoms with van der Waals surface area (Å²) in [5, 5.41) is 3.29. The molecule has 0 radical (unpaired) electrons. The Morgan fingerprint density at radius 2 is 2.08 bits per heavy atom. The van der Waals surface area contributed by atoms with Crippen LogP contribution in [0.4, 0.5) is 5.69 Å². The second kappa shape index (κ2) is 7.34. The van der Waals surface area contributed by atoms with Crippen LogP contribution in [-0.2, 0) is 16.0 Å². The first kappa shape index (κ1) is 17.0. The zero-order chi connectivity index (χ0) is 17.1. The average Bonchev–Trinajstić information content (AvgIpc) is 3.24. The molecule has 130 valence electrons. The number of anilines is 1. The van der Waals surface area contributed by atoms with Gasteiger partial charge in [0.25, 0.3) is 0 Å². The number of benzene rings is 1. The first-order valence-electron chi connectivity index (χ1n) is 8.97. The molecule has 5 heteroatoms. The summed E-state index contributed by atoms with van der Waals surface area (Å²) in [4.78, 5) is 28.7. The normalized spacial score (nSPS) is 23.8. The van der Waals surface area contributed by atoms with Crippen molar-refractivity contribution < 1.29 is 9.59 Å². The van der Waals surface area contributed by atoms with E-state index in [9.17, 15) is 9.59 Å². The van der Waals surface area contributed by atoms with E-state index in [4.69, 9.17) is 0 Å². The Balaban J connectivity index is 1.65. The first-order chi connectivity index (χ1) is 11.6. The molecule has 1 aromatic carbocycles. The zero-order valence-corrected chi connectivity index (χ0v) is 14.6. The molecule has 2 amide bonds. The molecule has 0 aliphatic carbocycles. The van der Waals surface area contributed by atoms with Gasteiger partial charge < -0.3 is 15.1 Å². The third kappa shape index (κ3) is 3.46. The highest BCUT2D eigenvalue weighted by Gasteiger charge is 2.38. The summed E-state index contributed by atoms with van der Waals surface area (Å²) in [6, 6.07) is 8.42. The molecule has 2 saturated heterocycles. The van der Waals surface area contributed by atoms with Crippen LogP contribution in [0.25, 0.3) is 0 Å². The van der Waals surface area contributed by atoms with Crippen LogP contribution in [0, 0.1) is 5.92 Å². The van der Waals surface area contributed by atoms with Crippen molar-refractivity contribution in [1.82, 2.24) is 10.2 Å². The molecule has 1 aromatic rings. The molecule has 2 fully saturated rings. The number of nitrogens with zero attached hydrogens (tertiary/aromatic N) is 2. The van der Waals surface area contributed by atoms with E-state index in [0.29, 0.717) is 13.0 Å². The number of rotatable bonds is 5. The molecule has 3 rings (SSSR count). The minimum Gasteiger partial charge on any atom is -0.341 e. The summed E-state index contributed by atoms with van der Waals surface area (Å²) in [5.74, 6) is -0.0740. The number of carbonyl (C=O) groups is 2. The van der Waals surface area contributed by atoms with Crippen LogP contribution in [0.1, 0.15) is 31.7 Å². The number of hydrogen-bond donors (Lipinski definition) is 1. The van der Waals surface area contributed by atoms with Crippen LogP contribution in [-0.4, -0.2) is 49.4 Å². The van der Waals surface area contributed by atoms with Crippen molar-refractivity contribution >= 4 is 17.5 Å². The number of nitrogens with one attached hydrogen (secondary N) is 1. The Morgan fingerprint density at radius 3 is 2.71 bits per heavy atom. The van der Waals surface area contributed by atoms with Gasteiger partial charge in [-0.25, -0.2) is 0 Å². The lowest BCUT2D eigenvalue weighted by Crippen LogP contribution is -2.42. The van der Waals surface area contributed by atoms with Gasteiger partial charge in [0.1, 0.15) is 0 Å². The lowest BCUT2D eigenvalue weighted by atomic mass is 10.1.